The molecular formula is C22H27BrN4O3. The predicted molar refractivity (Wildman–Crippen MR) is 123 cm³/mol. The number of terminal acetylenes is 1. The first-order valence-corrected chi connectivity index (χ1v) is 10.0. The van der Waals surface area contributed by atoms with Gasteiger partial charge in [0.1, 0.15) is 0 Å². The van der Waals surface area contributed by atoms with E-state index < -0.39 is 0 Å². The number of aliphatic hydroxyl groups excluding tert-OH is 1. The Balaban J connectivity index is 0.000000826. The molecule has 1 aliphatic rings. The molecule has 1 N–H and O–H groups in total. The number of aliphatic hydroxyl groups is 1. The normalized spacial score (nSPS) is 13.3. The van der Waals surface area contributed by atoms with Crippen LogP contribution in [0, 0.1) is 12.3 Å². The molecule has 0 aliphatic carbocycles. The summed E-state index contributed by atoms with van der Waals surface area (Å²) in [7, 11) is 1.00. The van der Waals surface area contributed by atoms with Gasteiger partial charge in [0.05, 0.1) is 0 Å². The highest BCUT2D eigenvalue weighted by molar-refractivity contribution is 9.11. The van der Waals surface area contributed by atoms with Gasteiger partial charge in [0, 0.05) is 43.5 Å². The van der Waals surface area contributed by atoms with Gasteiger partial charge in [-0.25, -0.2) is 0 Å². The minimum atomic E-state index is -0.225. The molecule has 1 saturated heterocycles. The molecule has 8 heteroatoms. The van der Waals surface area contributed by atoms with E-state index in [1.54, 1.807) is 17.9 Å². The smallest absolute Gasteiger partial charge is 0.316 e. The lowest BCUT2D eigenvalue weighted by Gasteiger charge is -2.35. The van der Waals surface area contributed by atoms with Crippen LogP contribution in [0.3, 0.4) is 0 Å². The fourth-order valence-corrected chi connectivity index (χ4v) is 3.06. The number of amides is 1. The lowest BCUT2D eigenvalue weighted by molar-refractivity contribution is 0.0696. The van der Waals surface area contributed by atoms with Crippen molar-refractivity contribution in [1.82, 2.24) is 15.0 Å². The van der Waals surface area contributed by atoms with E-state index in [2.05, 4.69) is 62.0 Å². The van der Waals surface area contributed by atoms with Gasteiger partial charge in [-0.15, -0.1) is 12.3 Å². The first kappa shape index (κ1) is 25.1. The van der Waals surface area contributed by atoms with Gasteiger partial charge in [-0.3, -0.25) is 4.79 Å². The molecule has 2 heterocycles. The molecular weight excluding hydrogens is 448 g/mol. The van der Waals surface area contributed by atoms with E-state index in [9.17, 15) is 4.79 Å². The number of carbonyl (C=O) groups is 1. The number of benzene rings is 1. The molecule has 30 heavy (non-hydrogen) atoms. The second kappa shape index (κ2) is 13.4. The molecule has 2 aromatic rings. The zero-order valence-corrected chi connectivity index (χ0v) is 19.1. The second-order valence-electron chi connectivity index (χ2n) is 6.10. The molecule has 1 aromatic carbocycles. The van der Waals surface area contributed by atoms with Gasteiger partial charge in [-0.05, 0) is 37.6 Å². The number of hydrogen-bond acceptors (Lipinski definition) is 6. The van der Waals surface area contributed by atoms with Crippen molar-refractivity contribution in [2.24, 2.45) is 0 Å². The number of para-hydroxylation sites is 1. The fraction of sp³-hybridized carbons (Fsp3) is 0.318. The number of allylic oxidation sites excluding steroid dienone is 3. The van der Waals surface area contributed by atoms with E-state index in [-0.39, 0.29) is 11.8 Å². The van der Waals surface area contributed by atoms with Crippen molar-refractivity contribution in [2.45, 2.75) is 13.8 Å². The SMILES string of the molecule is C#CC.C=C(Br)/C=C(\C)c1noc(C(=O)N2CCN(c3ccccc3)CC2)n1.CO. The zero-order chi connectivity index (χ0) is 22.5. The van der Waals surface area contributed by atoms with Crippen molar-refractivity contribution in [3.63, 3.8) is 0 Å². The third-order valence-electron chi connectivity index (χ3n) is 4.02. The van der Waals surface area contributed by atoms with Crippen LogP contribution in [0.15, 0.2) is 52.0 Å². The molecule has 0 spiro atoms. The van der Waals surface area contributed by atoms with E-state index in [0.717, 1.165) is 25.8 Å². The number of carbonyl (C=O) groups excluding carboxylic acids is 1. The van der Waals surface area contributed by atoms with Crippen LogP contribution in [-0.2, 0) is 0 Å². The van der Waals surface area contributed by atoms with Gasteiger partial charge < -0.3 is 19.4 Å². The summed E-state index contributed by atoms with van der Waals surface area (Å²) < 4.78 is 5.85. The molecule has 3 rings (SSSR count). The van der Waals surface area contributed by atoms with Crippen molar-refractivity contribution >= 4 is 33.1 Å². The standard InChI is InChI=1S/C18H19BrN4O2.C3H4.CH4O/c1-13(12-14(2)19)16-20-17(25-21-16)18(24)23-10-8-22(9-11-23)15-6-4-3-5-7-15;1-3-2;1-2/h3-7,12H,2,8-11H2,1H3;1H,2H3;2H,1H3/b13-12+;;. The molecule has 1 fully saturated rings. The van der Waals surface area contributed by atoms with Gasteiger partial charge in [0.2, 0.25) is 0 Å². The van der Waals surface area contributed by atoms with Crippen LogP contribution in [0.4, 0.5) is 5.69 Å². The molecule has 0 atom stereocenters. The topological polar surface area (TPSA) is 82.7 Å². The minimum absolute atomic E-state index is 0.0242. The number of nitrogens with zero attached hydrogens (tertiary/aromatic N) is 4. The first-order chi connectivity index (χ1) is 14.5. The van der Waals surface area contributed by atoms with Gasteiger partial charge in [-0.1, -0.05) is 45.9 Å². The Hall–Kier alpha value is -2.89. The van der Waals surface area contributed by atoms with Crippen LogP contribution in [0.2, 0.25) is 0 Å². The highest BCUT2D eigenvalue weighted by Crippen LogP contribution is 2.18. The van der Waals surface area contributed by atoms with E-state index in [1.807, 2.05) is 25.1 Å². The first-order valence-electron chi connectivity index (χ1n) is 9.24. The molecule has 0 bridgehead atoms. The average Bonchev–Trinajstić information content (AvgIpc) is 3.26. The Bertz CT molecular complexity index is 879. The molecule has 7 nitrogen and oxygen atoms in total. The molecule has 1 aliphatic heterocycles. The van der Waals surface area contributed by atoms with Crippen LogP contribution in [-0.4, -0.2) is 59.3 Å². The van der Waals surface area contributed by atoms with Crippen molar-refractivity contribution in [3.8, 4) is 12.3 Å². The minimum Gasteiger partial charge on any atom is -0.400 e. The number of rotatable bonds is 4. The Labute approximate surface area is 186 Å². The van der Waals surface area contributed by atoms with Gasteiger partial charge in [0.25, 0.3) is 0 Å². The summed E-state index contributed by atoms with van der Waals surface area (Å²) >= 11 is 3.26. The summed E-state index contributed by atoms with van der Waals surface area (Å²) in [6.45, 7) is 10.0. The maximum Gasteiger partial charge on any atom is 0.316 e. The number of piperazine rings is 1. The summed E-state index contributed by atoms with van der Waals surface area (Å²) in [5.74, 6) is 2.44. The average molecular weight is 475 g/mol. The van der Waals surface area contributed by atoms with Crippen LogP contribution in [0.1, 0.15) is 30.4 Å². The van der Waals surface area contributed by atoms with Crippen molar-refractivity contribution in [1.29, 1.82) is 0 Å². The maximum absolute atomic E-state index is 12.6. The summed E-state index contributed by atoms with van der Waals surface area (Å²) in [5, 5.41) is 10.9. The summed E-state index contributed by atoms with van der Waals surface area (Å²) in [5.41, 5.74) is 1.95. The van der Waals surface area contributed by atoms with E-state index in [0.29, 0.717) is 23.4 Å². The second-order valence-corrected chi connectivity index (χ2v) is 7.12. The quantitative estimate of drug-likeness (QED) is 0.538. The lowest BCUT2D eigenvalue weighted by atomic mass is 10.2. The molecule has 160 valence electrons. The van der Waals surface area contributed by atoms with Crippen molar-refractivity contribution < 1.29 is 14.4 Å². The fourth-order valence-electron chi connectivity index (χ4n) is 2.71. The lowest BCUT2D eigenvalue weighted by Crippen LogP contribution is -2.48. The number of hydrogen-bond donors (Lipinski definition) is 1. The summed E-state index contributed by atoms with van der Waals surface area (Å²) in [6, 6.07) is 10.2. The summed E-state index contributed by atoms with van der Waals surface area (Å²) in [4.78, 5) is 20.8. The molecule has 0 unspecified atom stereocenters. The molecule has 0 saturated carbocycles. The summed E-state index contributed by atoms with van der Waals surface area (Å²) in [6.07, 6.45) is 6.37. The number of anilines is 1. The zero-order valence-electron chi connectivity index (χ0n) is 17.5. The highest BCUT2D eigenvalue weighted by Gasteiger charge is 2.26. The Morgan fingerprint density at radius 2 is 1.83 bits per heavy atom. The van der Waals surface area contributed by atoms with E-state index in [4.69, 9.17) is 9.63 Å². The molecule has 1 aromatic heterocycles. The van der Waals surface area contributed by atoms with Gasteiger partial charge in [0.15, 0.2) is 5.82 Å². The largest absolute Gasteiger partial charge is 0.400 e. The third-order valence-corrected chi connectivity index (χ3v) is 4.25. The van der Waals surface area contributed by atoms with Crippen molar-refractivity contribution in [3.05, 3.63) is 59.2 Å². The molecule has 0 radical (unpaired) electrons. The Kier molecular flexibility index (Phi) is 11.2. The highest BCUT2D eigenvalue weighted by atomic mass is 79.9. The number of halogens is 1. The van der Waals surface area contributed by atoms with Gasteiger partial charge in [-0.2, -0.15) is 4.98 Å². The Morgan fingerprint density at radius 3 is 2.37 bits per heavy atom. The Morgan fingerprint density at radius 1 is 1.27 bits per heavy atom. The van der Waals surface area contributed by atoms with Crippen LogP contribution < -0.4 is 4.90 Å². The maximum atomic E-state index is 12.6. The van der Waals surface area contributed by atoms with Crippen molar-refractivity contribution in [2.75, 3.05) is 38.2 Å². The van der Waals surface area contributed by atoms with Gasteiger partial charge >= 0.3 is 11.8 Å². The van der Waals surface area contributed by atoms with E-state index in [1.165, 1.54) is 5.69 Å². The monoisotopic (exact) mass is 474 g/mol. The van der Waals surface area contributed by atoms with E-state index >= 15 is 0 Å². The van der Waals surface area contributed by atoms with Crippen LogP contribution >= 0.6 is 15.9 Å². The van der Waals surface area contributed by atoms with Crippen LogP contribution in [0.25, 0.3) is 5.57 Å². The number of aromatic nitrogens is 2. The third kappa shape index (κ3) is 7.50. The predicted octanol–water partition coefficient (Wildman–Crippen LogP) is 3.59. The molecule has 1 amide bonds. The van der Waals surface area contributed by atoms with Crippen LogP contribution in [0.5, 0.6) is 0 Å².